The van der Waals surface area contributed by atoms with E-state index < -0.39 is 58.7 Å². The van der Waals surface area contributed by atoms with E-state index in [-0.39, 0.29) is 30.0 Å². The molecule has 1 aromatic heterocycles. The minimum absolute atomic E-state index is 0.0270. The summed E-state index contributed by atoms with van der Waals surface area (Å²) < 4.78 is 103. The number of benzene rings is 2. The second-order valence-corrected chi connectivity index (χ2v) is 19.9. The van der Waals surface area contributed by atoms with Gasteiger partial charge >= 0.3 is 5.97 Å². The van der Waals surface area contributed by atoms with Crippen molar-refractivity contribution in [3.8, 4) is 0 Å². The molecule has 17 heteroatoms. The van der Waals surface area contributed by atoms with Crippen LogP contribution in [0, 0.1) is 0 Å². The fraction of sp³-hybridized carbons (Fsp3) is 0.405. The van der Waals surface area contributed by atoms with Crippen molar-refractivity contribution in [3.63, 3.8) is 0 Å². The number of carboxylic acid groups (broad SMARTS) is 1. The first-order valence-corrected chi connectivity index (χ1v) is 24.1. The lowest BCUT2D eigenvalue weighted by Crippen LogP contribution is -2.32. The average Bonchev–Trinajstić information content (AvgIpc) is 3.52. The number of hydrogen-bond donors (Lipinski definition) is 4. The number of anilines is 1. The van der Waals surface area contributed by atoms with Crippen molar-refractivity contribution in [2.24, 2.45) is 0 Å². The van der Waals surface area contributed by atoms with Crippen molar-refractivity contribution in [2.75, 3.05) is 29.5 Å². The largest absolute Gasteiger partial charge is 0.477 e. The highest BCUT2D eigenvalue weighted by molar-refractivity contribution is 7.86. The molecule has 2 unspecified atom stereocenters. The molecule has 0 saturated carbocycles. The van der Waals surface area contributed by atoms with Crippen molar-refractivity contribution >= 4 is 59.0 Å². The number of aromatic nitrogens is 1. The van der Waals surface area contributed by atoms with E-state index in [4.69, 9.17) is 0 Å². The van der Waals surface area contributed by atoms with E-state index in [0.717, 1.165) is 29.8 Å². The third-order valence-corrected chi connectivity index (χ3v) is 13.6. The Hall–Kier alpha value is -4.52. The number of nitrogens with zero attached hydrogens (tertiary/aromatic N) is 3. The van der Waals surface area contributed by atoms with Gasteiger partial charge in [0.25, 0.3) is 30.4 Å². The summed E-state index contributed by atoms with van der Waals surface area (Å²) in [5, 5.41) is 9.89. The lowest BCUT2D eigenvalue weighted by Gasteiger charge is -2.30. The van der Waals surface area contributed by atoms with Crippen molar-refractivity contribution in [2.45, 2.75) is 88.4 Å². The van der Waals surface area contributed by atoms with Gasteiger partial charge in [0.2, 0.25) is 5.69 Å². The van der Waals surface area contributed by atoms with Gasteiger partial charge in [-0.25, -0.2) is 9.78 Å². The molecule has 0 radical (unpaired) electrons. The van der Waals surface area contributed by atoms with Crippen LogP contribution in [0.5, 0.6) is 0 Å². The molecular weight excluding hydrogens is 819 g/mol. The van der Waals surface area contributed by atoms with Gasteiger partial charge in [-0.15, -0.1) is 0 Å². The van der Waals surface area contributed by atoms with Gasteiger partial charge in [0.05, 0.1) is 27.5 Å². The quantitative estimate of drug-likeness (QED) is 0.0531. The Morgan fingerprint density at radius 3 is 2.12 bits per heavy atom. The molecule has 4 N–H and O–H groups in total. The fourth-order valence-corrected chi connectivity index (χ4v) is 9.83. The number of allylic oxidation sites excluding steroid dienone is 6. The molecule has 0 amide bonds. The zero-order valence-corrected chi connectivity index (χ0v) is 36.0. The van der Waals surface area contributed by atoms with Gasteiger partial charge in [0.15, 0.2) is 5.71 Å². The van der Waals surface area contributed by atoms with Gasteiger partial charge in [-0.2, -0.15) is 29.8 Å². The smallest absolute Gasteiger partial charge is 0.354 e. The Kier molecular flexibility index (Phi) is 13.9. The van der Waals surface area contributed by atoms with E-state index in [2.05, 4.69) is 16.5 Å². The lowest BCUT2D eigenvalue weighted by atomic mass is 9.75. The van der Waals surface area contributed by atoms with E-state index in [0.29, 0.717) is 54.0 Å². The first-order valence-electron chi connectivity index (χ1n) is 19.5. The molecule has 0 aliphatic carbocycles. The predicted molar refractivity (Wildman–Crippen MR) is 227 cm³/mol. The molecule has 2 atom stereocenters. The summed E-state index contributed by atoms with van der Waals surface area (Å²) in [6.07, 6.45) is 10.9. The van der Waals surface area contributed by atoms with Crippen LogP contribution in [0.4, 0.5) is 11.4 Å². The van der Waals surface area contributed by atoms with Crippen LogP contribution in [0.15, 0.2) is 95.6 Å². The summed E-state index contributed by atoms with van der Waals surface area (Å²) in [6, 6.07) is 16.8. The Labute approximate surface area is 347 Å². The van der Waals surface area contributed by atoms with Crippen molar-refractivity contribution in [3.05, 3.63) is 113 Å². The standard InChI is InChI=1S/C42H51N3O11S3/c1-5-7-25-44-36-16-9-8-13-32(36)42(4,24-11-27-57(48,49)50)39(44)22-18-30(34-14-10-15-35(43-34)40(46)47)17-21-38-41(3,23-6-2)33-29-31(59(54,55)56)19-20-37(33)45(38)26-12-28-58(51,52)53/h8-10,13-22,29H,5-7,11-12,23-28H2,1-4H3,(H3-,46,47,48,49,50,51,52,53,54,55,56)/p+1. The van der Waals surface area contributed by atoms with Crippen LogP contribution in [0.1, 0.15) is 99.9 Å². The van der Waals surface area contributed by atoms with Crippen molar-refractivity contribution < 1.29 is 53.4 Å². The normalized spacial score (nSPS) is 20.5. The molecule has 5 rings (SSSR count). The van der Waals surface area contributed by atoms with Crippen LogP contribution < -0.4 is 4.90 Å². The first kappa shape index (κ1) is 45.6. The number of carboxylic acids is 1. The van der Waals surface area contributed by atoms with Gasteiger partial charge in [-0.05, 0) is 87.6 Å². The number of fused-ring (bicyclic) bond motifs is 2. The van der Waals surface area contributed by atoms with E-state index in [1.165, 1.54) is 18.2 Å². The van der Waals surface area contributed by atoms with Gasteiger partial charge in [-0.1, -0.05) is 57.0 Å². The molecule has 14 nitrogen and oxygen atoms in total. The summed E-state index contributed by atoms with van der Waals surface area (Å²) in [5.41, 5.74) is 3.76. The number of hydrogen-bond acceptors (Lipinski definition) is 9. The Balaban J connectivity index is 1.74. The zero-order chi connectivity index (χ0) is 43.4. The summed E-state index contributed by atoms with van der Waals surface area (Å²) in [5.74, 6) is -2.16. The molecule has 3 aromatic rings. The Morgan fingerprint density at radius 1 is 0.797 bits per heavy atom. The summed E-state index contributed by atoms with van der Waals surface area (Å²) >= 11 is 0. The van der Waals surface area contributed by atoms with E-state index in [1.807, 2.05) is 68.2 Å². The number of carbonyl (C=O) groups is 1. The maximum Gasteiger partial charge on any atom is 0.354 e. The van der Waals surface area contributed by atoms with Crippen LogP contribution in [-0.4, -0.2) is 89.9 Å². The van der Waals surface area contributed by atoms with Gasteiger partial charge in [0.1, 0.15) is 12.2 Å². The molecule has 0 fully saturated rings. The topological polar surface area (TPSA) is 220 Å². The van der Waals surface area contributed by atoms with Crippen LogP contribution in [0.25, 0.3) is 5.57 Å². The highest BCUT2D eigenvalue weighted by Crippen LogP contribution is 2.51. The molecular formula is C42H52N3O11S3+. The van der Waals surface area contributed by atoms with Crippen LogP contribution in [0.2, 0.25) is 0 Å². The average molecular weight is 871 g/mol. The second kappa shape index (κ2) is 18.0. The third-order valence-electron chi connectivity index (χ3n) is 11.1. The van der Waals surface area contributed by atoms with E-state index in [1.54, 1.807) is 24.3 Å². The molecule has 59 heavy (non-hydrogen) atoms. The molecule has 3 heterocycles. The minimum Gasteiger partial charge on any atom is -0.477 e. The van der Waals surface area contributed by atoms with Crippen molar-refractivity contribution in [1.82, 2.24) is 4.98 Å². The maximum absolute atomic E-state index is 12.3. The molecule has 318 valence electrons. The number of aromatic carboxylic acids is 1. The van der Waals surface area contributed by atoms with Crippen molar-refractivity contribution in [1.29, 1.82) is 0 Å². The molecule has 0 saturated heterocycles. The highest BCUT2D eigenvalue weighted by Gasteiger charge is 2.47. The minimum atomic E-state index is -4.58. The van der Waals surface area contributed by atoms with Gasteiger partial charge in [0, 0.05) is 53.0 Å². The SMILES string of the molecule is CCCC[N+]1=C(/C=C/C(=C/C=C2/N(CCCS(=O)(=O)O)c3ccc(S(=O)(=O)O)cc3C2(C)CCC)c2cccc(C(=O)O)n2)C(C)(CCCS(=O)(=O)O)c2ccccc21. The highest BCUT2D eigenvalue weighted by atomic mass is 32.2. The summed E-state index contributed by atoms with van der Waals surface area (Å²) in [7, 11) is -13.1. The molecule has 0 spiro atoms. The fourth-order valence-electron chi connectivity index (χ4n) is 8.32. The number of para-hydroxylation sites is 1. The summed E-state index contributed by atoms with van der Waals surface area (Å²) in [6.45, 7) is 8.80. The number of pyridine rings is 1. The monoisotopic (exact) mass is 870 g/mol. The third kappa shape index (κ3) is 10.4. The zero-order valence-electron chi connectivity index (χ0n) is 33.6. The first-order chi connectivity index (χ1) is 27.6. The predicted octanol–water partition coefficient (Wildman–Crippen LogP) is 7.23. The van der Waals surface area contributed by atoms with Gasteiger partial charge in [-0.3, -0.25) is 13.7 Å². The van der Waals surface area contributed by atoms with Crippen LogP contribution in [-0.2, 0) is 41.2 Å². The Bertz CT molecular complexity index is 2560. The van der Waals surface area contributed by atoms with E-state index in [9.17, 15) is 48.8 Å². The second-order valence-electron chi connectivity index (χ2n) is 15.4. The maximum atomic E-state index is 12.3. The van der Waals surface area contributed by atoms with E-state index >= 15 is 0 Å². The van der Waals surface area contributed by atoms with Crippen LogP contribution in [0.3, 0.4) is 0 Å². The van der Waals surface area contributed by atoms with Gasteiger partial charge < -0.3 is 10.0 Å². The number of unbranched alkanes of at least 4 members (excludes halogenated alkanes) is 1. The van der Waals surface area contributed by atoms with Crippen LogP contribution >= 0.6 is 0 Å². The number of rotatable bonds is 19. The summed E-state index contributed by atoms with van der Waals surface area (Å²) in [4.78, 5) is 18.1. The lowest BCUT2D eigenvalue weighted by molar-refractivity contribution is -0.438. The molecule has 0 bridgehead atoms. The Morgan fingerprint density at radius 2 is 1.47 bits per heavy atom. The molecule has 2 aliphatic heterocycles. The molecule has 2 aromatic carbocycles. The molecule has 2 aliphatic rings.